The topological polar surface area (TPSA) is 33.3 Å². The van der Waals surface area contributed by atoms with E-state index in [-0.39, 0.29) is 11.6 Å². The van der Waals surface area contributed by atoms with E-state index >= 15 is 4.39 Å². The van der Waals surface area contributed by atoms with Crippen LogP contribution in [0.15, 0.2) is 54.1 Å². The zero-order valence-corrected chi connectivity index (χ0v) is 18.6. The molecule has 2 aromatic carbocycles. The molecule has 3 aromatic rings. The van der Waals surface area contributed by atoms with Crippen LogP contribution < -0.4 is 4.57 Å². The second-order valence-electron chi connectivity index (χ2n) is 9.63. The van der Waals surface area contributed by atoms with Crippen LogP contribution in [0.4, 0.5) is 4.39 Å². The number of allylic oxidation sites excluding steroid dienone is 2. The molecule has 1 N–H and O–H groups in total. The van der Waals surface area contributed by atoms with E-state index < -0.39 is 16.4 Å². The maximum absolute atomic E-state index is 15.6. The van der Waals surface area contributed by atoms with Crippen LogP contribution in [0.1, 0.15) is 57.2 Å². The predicted molar refractivity (Wildman–Crippen MR) is 119 cm³/mol. The lowest BCUT2D eigenvalue weighted by molar-refractivity contribution is -0.767. The van der Waals surface area contributed by atoms with Crippen molar-refractivity contribution in [3.05, 3.63) is 76.6 Å². The molecule has 0 fully saturated rings. The van der Waals surface area contributed by atoms with Crippen molar-refractivity contribution in [2.45, 2.75) is 56.9 Å². The van der Waals surface area contributed by atoms with Gasteiger partial charge in [0.1, 0.15) is 11.2 Å². The van der Waals surface area contributed by atoms with Gasteiger partial charge in [-0.25, -0.2) is 4.39 Å². The van der Waals surface area contributed by atoms with Crippen LogP contribution in [0.3, 0.4) is 0 Å². The van der Waals surface area contributed by atoms with Crippen molar-refractivity contribution in [3.8, 4) is 11.3 Å². The van der Waals surface area contributed by atoms with E-state index in [1.54, 1.807) is 13.2 Å². The highest BCUT2D eigenvalue weighted by molar-refractivity contribution is 6.01. The number of ether oxygens (including phenoxy) is 1. The second kappa shape index (κ2) is 5.48. The molecule has 31 heavy (non-hydrogen) atoms. The van der Waals surface area contributed by atoms with Crippen LogP contribution in [-0.4, -0.2) is 12.2 Å². The first kappa shape index (κ1) is 18.9. The van der Waals surface area contributed by atoms with Crippen LogP contribution in [0.5, 0.6) is 0 Å². The van der Waals surface area contributed by atoms with Crippen molar-refractivity contribution in [1.82, 2.24) is 0 Å². The number of benzene rings is 2. The summed E-state index contributed by atoms with van der Waals surface area (Å²) in [6.07, 6.45) is 3.57. The molecule has 3 aliphatic rings. The zero-order chi connectivity index (χ0) is 21.9. The molecular weight excluding hydrogens is 389 g/mol. The van der Waals surface area contributed by atoms with Gasteiger partial charge in [0.2, 0.25) is 17.0 Å². The monoisotopic (exact) mass is 416 g/mol. The van der Waals surface area contributed by atoms with Crippen LogP contribution in [0, 0.1) is 5.82 Å². The fraction of sp³-hybridized carbons (Fsp3) is 0.370. The largest absolute Gasteiger partial charge is 0.507 e. The SMILES string of the molecule is CCC12C(O)=C(OC)C1(CC)[n+]1ccc3cccc4c3c1-c1c2ccc(F)c1C4(C)C. The van der Waals surface area contributed by atoms with Gasteiger partial charge in [0, 0.05) is 23.5 Å². The lowest BCUT2D eigenvalue weighted by Gasteiger charge is -2.56. The number of fused-ring (bicyclic) bond motifs is 3. The highest BCUT2D eigenvalue weighted by Crippen LogP contribution is 2.66. The Morgan fingerprint density at radius 1 is 1.03 bits per heavy atom. The third-order valence-corrected chi connectivity index (χ3v) is 8.49. The van der Waals surface area contributed by atoms with Gasteiger partial charge in [-0.05, 0) is 29.0 Å². The third-order valence-electron chi connectivity index (χ3n) is 8.49. The summed E-state index contributed by atoms with van der Waals surface area (Å²) in [7, 11) is 1.63. The van der Waals surface area contributed by atoms with E-state index in [0.29, 0.717) is 12.2 Å². The minimum absolute atomic E-state index is 0.188. The highest BCUT2D eigenvalue weighted by atomic mass is 19.1. The van der Waals surface area contributed by atoms with Gasteiger partial charge < -0.3 is 9.84 Å². The normalized spacial score (nSPS) is 26.5. The molecule has 0 radical (unpaired) electrons. The maximum atomic E-state index is 15.6. The quantitative estimate of drug-likeness (QED) is 0.550. The molecule has 0 amide bonds. The fourth-order valence-electron chi connectivity index (χ4n) is 7.26. The van der Waals surface area contributed by atoms with Crippen LogP contribution in [0.2, 0.25) is 0 Å². The summed E-state index contributed by atoms with van der Waals surface area (Å²) in [5, 5.41) is 13.7. The van der Waals surface area contributed by atoms with Gasteiger partial charge in [0.15, 0.2) is 12.0 Å². The Balaban J connectivity index is 1.94. The summed E-state index contributed by atoms with van der Waals surface area (Å²) in [4.78, 5) is 0. The van der Waals surface area contributed by atoms with Crippen molar-refractivity contribution in [2.24, 2.45) is 0 Å². The van der Waals surface area contributed by atoms with E-state index in [4.69, 9.17) is 4.74 Å². The number of hydrogen-bond donors (Lipinski definition) is 1. The Labute approximate surface area is 181 Å². The molecule has 2 unspecified atom stereocenters. The van der Waals surface area contributed by atoms with Crippen LogP contribution >= 0.6 is 0 Å². The summed E-state index contributed by atoms with van der Waals surface area (Å²) < 4.78 is 23.7. The standard InChI is InChI=1S/C27H26FNO2/c1-6-26-17-11-12-18(28)21-20(17)22-19-15(9-8-10-16(19)25(21,3)4)13-14-29(22)27(26,7-2)24(31-5)23(26)30/h8-14H,6-7H2,1-5H3/p+1. The number of methoxy groups -OCH3 is 1. The molecule has 1 aromatic heterocycles. The Kier molecular flexibility index (Phi) is 3.33. The fourth-order valence-corrected chi connectivity index (χ4v) is 7.26. The molecule has 3 nitrogen and oxygen atoms in total. The minimum atomic E-state index is -0.640. The van der Waals surface area contributed by atoms with E-state index in [1.165, 1.54) is 5.39 Å². The Morgan fingerprint density at radius 2 is 1.81 bits per heavy atom. The van der Waals surface area contributed by atoms with Crippen LogP contribution in [-0.2, 0) is 21.1 Å². The maximum Gasteiger partial charge on any atom is 0.244 e. The van der Waals surface area contributed by atoms with Gasteiger partial charge in [0.25, 0.3) is 0 Å². The Bertz CT molecular complexity index is 1360. The molecule has 158 valence electrons. The average molecular weight is 417 g/mol. The summed E-state index contributed by atoms with van der Waals surface area (Å²) in [5.74, 6) is 0.714. The number of aromatic nitrogens is 1. The molecule has 6 rings (SSSR count). The molecule has 2 heterocycles. The molecule has 1 aliphatic heterocycles. The number of nitrogens with zero attached hydrogens (tertiary/aromatic N) is 1. The van der Waals surface area contributed by atoms with E-state index in [2.05, 4.69) is 62.7 Å². The average Bonchev–Trinajstić information content (AvgIpc) is 2.76. The number of aliphatic hydroxyl groups excluding tert-OH is 1. The van der Waals surface area contributed by atoms with Gasteiger partial charge in [0.05, 0.1) is 18.1 Å². The zero-order valence-electron chi connectivity index (χ0n) is 18.6. The molecule has 4 heteroatoms. The number of halogens is 1. The molecular formula is C27H27FNO2+. The third kappa shape index (κ3) is 1.64. The van der Waals surface area contributed by atoms with Crippen molar-refractivity contribution >= 4 is 10.8 Å². The highest BCUT2D eigenvalue weighted by Gasteiger charge is 2.77. The number of aliphatic hydroxyl groups is 1. The van der Waals surface area contributed by atoms with E-state index in [1.807, 2.05) is 6.07 Å². The van der Waals surface area contributed by atoms with Crippen molar-refractivity contribution < 1.29 is 18.8 Å². The second-order valence-corrected chi connectivity index (χ2v) is 9.63. The van der Waals surface area contributed by atoms with Gasteiger partial charge in [-0.3, -0.25) is 0 Å². The first-order valence-corrected chi connectivity index (χ1v) is 11.1. The van der Waals surface area contributed by atoms with E-state index in [9.17, 15) is 5.11 Å². The predicted octanol–water partition coefficient (Wildman–Crippen LogP) is 5.77. The summed E-state index contributed by atoms with van der Waals surface area (Å²) >= 11 is 0. The summed E-state index contributed by atoms with van der Waals surface area (Å²) in [5.41, 5.74) is 3.20. The molecule has 2 aliphatic carbocycles. The van der Waals surface area contributed by atoms with Gasteiger partial charge >= 0.3 is 0 Å². The first-order valence-electron chi connectivity index (χ1n) is 11.1. The lowest BCUT2D eigenvalue weighted by atomic mass is 9.48. The molecule has 0 saturated heterocycles. The number of hydrogen-bond acceptors (Lipinski definition) is 2. The molecule has 0 spiro atoms. The lowest BCUT2D eigenvalue weighted by Crippen LogP contribution is -2.77. The van der Waals surface area contributed by atoms with Crippen molar-refractivity contribution in [3.63, 3.8) is 0 Å². The van der Waals surface area contributed by atoms with Gasteiger partial charge in [-0.1, -0.05) is 52.0 Å². The van der Waals surface area contributed by atoms with Crippen molar-refractivity contribution in [2.75, 3.05) is 7.11 Å². The Hall–Kier alpha value is -2.88. The Morgan fingerprint density at radius 3 is 2.48 bits per heavy atom. The number of pyridine rings is 1. The minimum Gasteiger partial charge on any atom is -0.507 e. The summed E-state index contributed by atoms with van der Waals surface area (Å²) in [6.45, 7) is 8.47. The smallest absolute Gasteiger partial charge is 0.244 e. The molecule has 0 bridgehead atoms. The first-order chi connectivity index (χ1) is 14.8. The van der Waals surface area contributed by atoms with E-state index in [0.717, 1.165) is 39.8 Å². The van der Waals surface area contributed by atoms with Gasteiger partial charge in [-0.2, -0.15) is 4.57 Å². The van der Waals surface area contributed by atoms with Crippen molar-refractivity contribution in [1.29, 1.82) is 0 Å². The molecule has 2 atom stereocenters. The number of rotatable bonds is 3. The summed E-state index contributed by atoms with van der Waals surface area (Å²) in [6, 6.07) is 12.0. The van der Waals surface area contributed by atoms with Crippen LogP contribution in [0.25, 0.3) is 22.0 Å². The molecule has 0 saturated carbocycles. The van der Waals surface area contributed by atoms with Gasteiger partial charge in [-0.15, -0.1) is 0 Å².